The Morgan fingerprint density at radius 1 is 0.806 bits per heavy atom. The van der Waals surface area contributed by atoms with Gasteiger partial charge in [-0.1, -0.05) is 49.7 Å². The van der Waals surface area contributed by atoms with Gasteiger partial charge >= 0.3 is 5.97 Å². The molecule has 0 spiro atoms. The number of ether oxygens (including phenoxy) is 1. The predicted octanol–water partition coefficient (Wildman–Crippen LogP) is 6.54. The van der Waals surface area contributed by atoms with Gasteiger partial charge in [-0.3, -0.25) is 4.79 Å². The Morgan fingerprint density at radius 3 is 2.06 bits per heavy atom. The molecule has 0 saturated heterocycles. The van der Waals surface area contributed by atoms with Crippen molar-refractivity contribution in [2.75, 3.05) is 0 Å². The lowest BCUT2D eigenvalue weighted by Gasteiger charge is -2.10. The van der Waals surface area contributed by atoms with E-state index in [0.717, 1.165) is 18.4 Å². The van der Waals surface area contributed by atoms with E-state index in [1.807, 2.05) is 19.1 Å². The molecule has 0 saturated carbocycles. The molecule has 0 fully saturated rings. The van der Waals surface area contributed by atoms with Crippen molar-refractivity contribution in [2.24, 2.45) is 0 Å². The van der Waals surface area contributed by atoms with Gasteiger partial charge in [0.2, 0.25) is 0 Å². The van der Waals surface area contributed by atoms with Gasteiger partial charge in [0.15, 0.2) is 29.1 Å². The van der Waals surface area contributed by atoms with Crippen LogP contribution < -0.4 is 4.74 Å². The molecule has 2 nitrogen and oxygen atoms in total. The molecule has 3 rings (SSSR count). The molecule has 0 aliphatic heterocycles. The van der Waals surface area contributed by atoms with Crippen LogP contribution in [0.1, 0.15) is 30.9 Å². The van der Waals surface area contributed by atoms with Crippen molar-refractivity contribution in [3.63, 3.8) is 0 Å². The van der Waals surface area contributed by atoms with Gasteiger partial charge in [0.05, 0.1) is 6.42 Å². The van der Waals surface area contributed by atoms with Crippen LogP contribution in [0.5, 0.6) is 5.75 Å². The Morgan fingerprint density at radius 2 is 1.45 bits per heavy atom. The van der Waals surface area contributed by atoms with Crippen LogP contribution in [0.3, 0.4) is 0 Å². The quantitative estimate of drug-likeness (QED) is 0.183. The number of aryl methyl sites for hydroxylation is 2. The molecule has 0 aliphatic carbocycles. The Hall–Kier alpha value is -3.22. The van der Waals surface area contributed by atoms with E-state index in [9.17, 15) is 26.7 Å². The van der Waals surface area contributed by atoms with Crippen LogP contribution in [0.4, 0.5) is 22.0 Å². The zero-order valence-electron chi connectivity index (χ0n) is 16.7. The highest BCUT2D eigenvalue weighted by atomic mass is 19.2. The number of halogens is 5. The zero-order valence-corrected chi connectivity index (χ0v) is 16.7. The molecular formula is C24H19F5O2. The Labute approximate surface area is 176 Å². The molecule has 0 bridgehead atoms. The third-order valence-electron chi connectivity index (χ3n) is 4.75. The highest BCUT2D eigenvalue weighted by molar-refractivity contribution is 5.73. The molecular weight excluding hydrogens is 415 g/mol. The van der Waals surface area contributed by atoms with Crippen LogP contribution >= 0.6 is 0 Å². The van der Waals surface area contributed by atoms with Crippen molar-refractivity contribution in [2.45, 2.75) is 32.6 Å². The van der Waals surface area contributed by atoms with E-state index >= 15 is 0 Å². The number of hydrogen-bond acceptors (Lipinski definition) is 2. The molecule has 0 atom stereocenters. The summed E-state index contributed by atoms with van der Waals surface area (Å²) in [5, 5.41) is 0. The van der Waals surface area contributed by atoms with E-state index in [2.05, 4.69) is 0 Å². The second-order valence-electron chi connectivity index (χ2n) is 7.02. The van der Waals surface area contributed by atoms with Crippen LogP contribution in [0.15, 0.2) is 48.5 Å². The minimum absolute atomic E-state index is 0.0442. The van der Waals surface area contributed by atoms with Crippen LogP contribution in [0, 0.1) is 29.1 Å². The standard InChI is InChI=1S/C24H19F5O2/c1-2-3-14-4-6-15(7-5-14)18-10-8-16(22(27)23(18)28)9-11-21(30)31-17-12-19(25)24(29)20(26)13-17/h4-8,10,12-13H,2-3,9,11H2,1H3. The molecule has 3 aromatic rings. The first-order chi connectivity index (χ1) is 14.8. The monoisotopic (exact) mass is 434 g/mol. The van der Waals surface area contributed by atoms with Gasteiger partial charge in [0.25, 0.3) is 0 Å². The first-order valence-corrected chi connectivity index (χ1v) is 9.71. The number of rotatable bonds is 7. The summed E-state index contributed by atoms with van der Waals surface area (Å²) in [7, 11) is 0. The minimum Gasteiger partial charge on any atom is -0.426 e. The molecule has 0 heterocycles. The average Bonchev–Trinajstić information content (AvgIpc) is 2.74. The maximum absolute atomic E-state index is 14.6. The third kappa shape index (κ3) is 5.29. The normalized spacial score (nSPS) is 10.9. The van der Waals surface area contributed by atoms with E-state index in [0.29, 0.717) is 17.7 Å². The Kier molecular flexibility index (Phi) is 7.05. The summed E-state index contributed by atoms with van der Waals surface area (Å²) in [5.74, 6) is -8.25. The lowest BCUT2D eigenvalue weighted by Crippen LogP contribution is -2.11. The Bertz CT molecular complexity index is 1070. The SMILES string of the molecule is CCCc1ccc(-c2ccc(CCC(=O)Oc3cc(F)c(F)c(F)c3)c(F)c2F)cc1. The van der Waals surface area contributed by atoms with E-state index < -0.39 is 40.8 Å². The number of carbonyl (C=O) groups is 1. The topological polar surface area (TPSA) is 26.3 Å². The van der Waals surface area contributed by atoms with Gasteiger partial charge in [-0.25, -0.2) is 22.0 Å². The fourth-order valence-corrected chi connectivity index (χ4v) is 3.16. The van der Waals surface area contributed by atoms with E-state index in [-0.39, 0.29) is 24.0 Å². The number of esters is 1. The van der Waals surface area contributed by atoms with Gasteiger partial charge in [-0.2, -0.15) is 0 Å². The Balaban J connectivity index is 1.68. The van der Waals surface area contributed by atoms with Gasteiger partial charge in [-0.15, -0.1) is 0 Å². The molecule has 0 radical (unpaired) electrons. The van der Waals surface area contributed by atoms with Crippen LogP contribution in [0.25, 0.3) is 11.1 Å². The molecule has 3 aromatic carbocycles. The number of carbonyl (C=O) groups excluding carboxylic acids is 1. The van der Waals surface area contributed by atoms with Crippen molar-refractivity contribution in [3.05, 3.63) is 88.7 Å². The average molecular weight is 434 g/mol. The van der Waals surface area contributed by atoms with Crippen molar-refractivity contribution < 1.29 is 31.5 Å². The number of hydrogen-bond donors (Lipinski definition) is 0. The molecule has 0 aromatic heterocycles. The fraction of sp³-hybridized carbons (Fsp3) is 0.208. The molecule has 0 N–H and O–H groups in total. The summed E-state index contributed by atoms with van der Waals surface area (Å²) < 4.78 is 73.1. The van der Waals surface area contributed by atoms with Gasteiger partial charge in [0.1, 0.15) is 5.75 Å². The molecule has 31 heavy (non-hydrogen) atoms. The van der Waals surface area contributed by atoms with Crippen LogP contribution in [0.2, 0.25) is 0 Å². The maximum Gasteiger partial charge on any atom is 0.311 e. The molecule has 7 heteroatoms. The van der Waals surface area contributed by atoms with Gasteiger partial charge in [0, 0.05) is 17.7 Å². The lowest BCUT2D eigenvalue weighted by atomic mass is 9.99. The summed E-state index contributed by atoms with van der Waals surface area (Å²) >= 11 is 0. The van der Waals surface area contributed by atoms with Crippen LogP contribution in [-0.4, -0.2) is 5.97 Å². The second-order valence-corrected chi connectivity index (χ2v) is 7.02. The van der Waals surface area contributed by atoms with E-state index in [4.69, 9.17) is 4.74 Å². The van der Waals surface area contributed by atoms with Crippen molar-refractivity contribution in [1.82, 2.24) is 0 Å². The summed E-state index contributed by atoms with van der Waals surface area (Å²) in [6.45, 7) is 2.05. The number of benzene rings is 3. The molecule has 162 valence electrons. The van der Waals surface area contributed by atoms with E-state index in [1.54, 1.807) is 12.1 Å². The summed E-state index contributed by atoms with van der Waals surface area (Å²) in [6.07, 6.45) is 1.30. The maximum atomic E-state index is 14.6. The summed E-state index contributed by atoms with van der Waals surface area (Å²) in [4.78, 5) is 11.9. The van der Waals surface area contributed by atoms with Gasteiger partial charge in [-0.05, 0) is 29.5 Å². The molecule has 0 aliphatic rings. The first-order valence-electron chi connectivity index (χ1n) is 9.71. The highest BCUT2D eigenvalue weighted by Gasteiger charge is 2.17. The lowest BCUT2D eigenvalue weighted by molar-refractivity contribution is -0.134. The minimum atomic E-state index is -1.68. The van der Waals surface area contributed by atoms with Crippen LogP contribution in [-0.2, 0) is 17.6 Å². The smallest absolute Gasteiger partial charge is 0.311 e. The molecule has 0 unspecified atom stereocenters. The first kappa shape index (κ1) is 22.5. The largest absolute Gasteiger partial charge is 0.426 e. The fourth-order valence-electron chi connectivity index (χ4n) is 3.16. The highest BCUT2D eigenvalue weighted by Crippen LogP contribution is 2.28. The van der Waals surface area contributed by atoms with E-state index in [1.165, 1.54) is 12.1 Å². The molecule has 0 amide bonds. The zero-order chi connectivity index (χ0) is 22.5. The van der Waals surface area contributed by atoms with Gasteiger partial charge < -0.3 is 4.74 Å². The predicted molar refractivity (Wildman–Crippen MR) is 106 cm³/mol. The van der Waals surface area contributed by atoms with Crippen molar-refractivity contribution in [1.29, 1.82) is 0 Å². The summed E-state index contributed by atoms with van der Waals surface area (Å²) in [6, 6.07) is 11.0. The third-order valence-corrected chi connectivity index (χ3v) is 4.75. The second kappa shape index (κ2) is 9.73. The van der Waals surface area contributed by atoms with Crippen molar-refractivity contribution >= 4 is 5.97 Å². The van der Waals surface area contributed by atoms with Crippen molar-refractivity contribution in [3.8, 4) is 16.9 Å². The summed E-state index contributed by atoms with van der Waals surface area (Å²) in [5.41, 5.74) is 1.69.